The van der Waals surface area contributed by atoms with Crippen LogP contribution in [0.4, 0.5) is 4.39 Å². The zero-order valence-electron chi connectivity index (χ0n) is 12.7. The number of ether oxygens (including phenoxy) is 1. The largest absolute Gasteiger partial charge is 0.496 e. The molecule has 1 aliphatic rings. The molecule has 1 aromatic rings. The molecule has 1 N–H and O–H groups in total. The molecule has 112 valence electrons. The van der Waals surface area contributed by atoms with Crippen molar-refractivity contribution in [2.24, 2.45) is 5.92 Å². The molecule has 0 aromatic heterocycles. The molecular formula is C16H25FN2O. The zero-order chi connectivity index (χ0) is 14.5. The van der Waals surface area contributed by atoms with Crippen molar-refractivity contribution >= 4 is 0 Å². The second-order valence-electron chi connectivity index (χ2n) is 5.50. The van der Waals surface area contributed by atoms with Gasteiger partial charge in [-0.05, 0) is 12.0 Å². The van der Waals surface area contributed by atoms with Crippen molar-refractivity contribution in [1.29, 1.82) is 0 Å². The SMILES string of the molecule is CCC(C)[C@H](c1ccc(F)cc1OC)N1CCNCC1. The number of rotatable bonds is 5. The van der Waals surface area contributed by atoms with Gasteiger partial charge >= 0.3 is 0 Å². The second-order valence-corrected chi connectivity index (χ2v) is 5.50. The van der Waals surface area contributed by atoms with E-state index in [-0.39, 0.29) is 11.9 Å². The summed E-state index contributed by atoms with van der Waals surface area (Å²) in [5.74, 6) is 0.926. The van der Waals surface area contributed by atoms with Gasteiger partial charge in [0.25, 0.3) is 0 Å². The summed E-state index contributed by atoms with van der Waals surface area (Å²) in [7, 11) is 1.61. The standard InChI is InChI=1S/C16H25FN2O/c1-4-12(2)16(19-9-7-18-8-10-19)14-6-5-13(17)11-15(14)20-3/h5-6,11-12,16,18H,4,7-10H2,1-3H3/t12?,16-/m1/s1. The Labute approximate surface area is 121 Å². The van der Waals surface area contributed by atoms with Crippen LogP contribution in [0, 0.1) is 11.7 Å². The van der Waals surface area contributed by atoms with E-state index in [1.807, 2.05) is 6.07 Å². The average molecular weight is 280 g/mol. The summed E-state index contributed by atoms with van der Waals surface area (Å²) in [6, 6.07) is 5.20. The maximum atomic E-state index is 13.4. The third kappa shape index (κ3) is 3.30. The van der Waals surface area contributed by atoms with Gasteiger partial charge in [0.1, 0.15) is 11.6 Å². The highest BCUT2D eigenvalue weighted by atomic mass is 19.1. The number of hydrogen-bond donors (Lipinski definition) is 1. The van der Waals surface area contributed by atoms with E-state index in [9.17, 15) is 4.39 Å². The molecule has 2 atom stereocenters. The lowest BCUT2D eigenvalue weighted by molar-refractivity contribution is 0.126. The Balaban J connectivity index is 2.34. The van der Waals surface area contributed by atoms with Gasteiger partial charge in [0.2, 0.25) is 0 Å². The van der Waals surface area contributed by atoms with Crippen LogP contribution in [0.2, 0.25) is 0 Å². The first-order chi connectivity index (χ1) is 9.67. The van der Waals surface area contributed by atoms with Gasteiger partial charge in [-0.15, -0.1) is 0 Å². The molecule has 1 fully saturated rings. The van der Waals surface area contributed by atoms with E-state index in [0.29, 0.717) is 11.7 Å². The molecular weight excluding hydrogens is 255 g/mol. The fraction of sp³-hybridized carbons (Fsp3) is 0.625. The van der Waals surface area contributed by atoms with E-state index in [0.717, 1.165) is 38.2 Å². The lowest BCUT2D eigenvalue weighted by atomic mass is 9.90. The second kappa shape index (κ2) is 7.04. The summed E-state index contributed by atoms with van der Waals surface area (Å²) in [5.41, 5.74) is 1.10. The minimum Gasteiger partial charge on any atom is -0.496 e. The van der Waals surface area contributed by atoms with Crippen LogP contribution in [-0.2, 0) is 0 Å². The van der Waals surface area contributed by atoms with Gasteiger partial charge in [-0.1, -0.05) is 26.3 Å². The van der Waals surface area contributed by atoms with Gasteiger partial charge in [-0.2, -0.15) is 0 Å². The van der Waals surface area contributed by atoms with Crippen molar-refractivity contribution in [3.05, 3.63) is 29.6 Å². The Hall–Kier alpha value is -1.13. The fourth-order valence-electron chi connectivity index (χ4n) is 2.98. The lowest BCUT2D eigenvalue weighted by Gasteiger charge is -2.39. The molecule has 2 rings (SSSR count). The molecule has 20 heavy (non-hydrogen) atoms. The van der Waals surface area contributed by atoms with E-state index < -0.39 is 0 Å². The molecule has 1 heterocycles. The average Bonchev–Trinajstić information content (AvgIpc) is 2.49. The van der Waals surface area contributed by atoms with Gasteiger partial charge in [-0.25, -0.2) is 4.39 Å². The van der Waals surface area contributed by atoms with Crippen molar-refractivity contribution in [3.63, 3.8) is 0 Å². The Bertz CT molecular complexity index is 432. The number of halogens is 1. The number of piperazine rings is 1. The molecule has 0 spiro atoms. The highest BCUT2D eigenvalue weighted by Crippen LogP contribution is 2.36. The maximum Gasteiger partial charge on any atom is 0.126 e. The van der Waals surface area contributed by atoms with Crippen molar-refractivity contribution in [2.45, 2.75) is 26.3 Å². The molecule has 1 unspecified atom stereocenters. The first-order valence-corrected chi connectivity index (χ1v) is 7.45. The van der Waals surface area contributed by atoms with Crippen LogP contribution >= 0.6 is 0 Å². The number of methoxy groups -OCH3 is 1. The van der Waals surface area contributed by atoms with Crippen LogP contribution in [0.3, 0.4) is 0 Å². The Morgan fingerprint density at radius 3 is 2.65 bits per heavy atom. The predicted molar refractivity (Wildman–Crippen MR) is 79.6 cm³/mol. The van der Waals surface area contributed by atoms with E-state index in [4.69, 9.17) is 4.74 Å². The van der Waals surface area contributed by atoms with Crippen LogP contribution in [0.15, 0.2) is 18.2 Å². The molecule has 0 bridgehead atoms. The van der Waals surface area contributed by atoms with Crippen molar-refractivity contribution < 1.29 is 9.13 Å². The smallest absolute Gasteiger partial charge is 0.126 e. The summed E-state index contributed by atoms with van der Waals surface area (Å²) in [4.78, 5) is 2.49. The van der Waals surface area contributed by atoms with Crippen LogP contribution in [0.5, 0.6) is 5.75 Å². The Morgan fingerprint density at radius 1 is 1.35 bits per heavy atom. The van der Waals surface area contributed by atoms with E-state index in [1.54, 1.807) is 7.11 Å². The van der Waals surface area contributed by atoms with Gasteiger partial charge in [0.15, 0.2) is 0 Å². The molecule has 4 heteroatoms. The predicted octanol–water partition coefficient (Wildman–Crippen LogP) is 2.83. The fourth-order valence-corrected chi connectivity index (χ4v) is 2.98. The summed E-state index contributed by atoms with van der Waals surface area (Å²) in [6.45, 7) is 8.53. The molecule has 3 nitrogen and oxygen atoms in total. The highest BCUT2D eigenvalue weighted by molar-refractivity contribution is 5.37. The molecule has 0 amide bonds. The van der Waals surface area contributed by atoms with Gasteiger partial charge in [0, 0.05) is 43.9 Å². The molecule has 1 aliphatic heterocycles. The van der Waals surface area contributed by atoms with Gasteiger partial charge in [0.05, 0.1) is 7.11 Å². The van der Waals surface area contributed by atoms with Crippen molar-refractivity contribution in [2.75, 3.05) is 33.3 Å². The number of benzene rings is 1. The lowest BCUT2D eigenvalue weighted by Crippen LogP contribution is -2.46. The Kier molecular flexibility index (Phi) is 5.38. The highest BCUT2D eigenvalue weighted by Gasteiger charge is 2.28. The molecule has 0 aliphatic carbocycles. The Morgan fingerprint density at radius 2 is 2.05 bits per heavy atom. The van der Waals surface area contributed by atoms with Crippen LogP contribution < -0.4 is 10.1 Å². The normalized spacial score (nSPS) is 19.6. The number of hydrogen-bond acceptors (Lipinski definition) is 3. The van der Waals surface area contributed by atoms with Crippen LogP contribution in [0.1, 0.15) is 31.9 Å². The van der Waals surface area contributed by atoms with E-state index in [2.05, 4.69) is 24.1 Å². The van der Waals surface area contributed by atoms with E-state index in [1.165, 1.54) is 12.1 Å². The molecule has 0 saturated carbocycles. The van der Waals surface area contributed by atoms with Gasteiger partial charge in [-0.3, -0.25) is 4.90 Å². The summed E-state index contributed by atoms with van der Waals surface area (Å²) >= 11 is 0. The van der Waals surface area contributed by atoms with Gasteiger partial charge < -0.3 is 10.1 Å². The molecule has 1 saturated heterocycles. The third-order valence-electron chi connectivity index (χ3n) is 4.24. The van der Waals surface area contributed by atoms with Crippen molar-refractivity contribution in [3.8, 4) is 5.75 Å². The zero-order valence-corrected chi connectivity index (χ0v) is 12.7. The van der Waals surface area contributed by atoms with E-state index >= 15 is 0 Å². The summed E-state index contributed by atoms with van der Waals surface area (Å²) < 4.78 is 18.8. The third-order valence-corrected chi connectivity index (χ3v) is 4.24. The monoisotopic (exact) mass is 280 g/mol. The first kappa shape index (κ1) is 15.3. The first-order valence-electron chi connectivity index (χ1n) is 7.45. The molecule has 1 aromatic carbocycles. The van der Waals surface area contributed by atoms with Crippen LogP contribution in [0.25, 0.3) is 0 Å². The van der Waals surface area contributed by atoms with Crippen LogP contribution in [-0.4, -0.2) is 38.2 Å². The minimum atomic E-state index is -0.242. The summed E-state index contributed by atoms with van der Waals surface area (Å²) in [6.07, 6.45) is 1.09. The summed E-state index contributed by atoms with van der Waals surface area (Å²) in [5, 5.41) is 3.38. The number of nitrogens with zero attached hydrogens (tertiary/aromatic N) is 1. The molecule has 0 radical (unpaired) electrons. The number of nitrogens with one attached hydrogen (secondary N) is 1. The van der Waals surface area contributed by atoms with Crippen molar-refractivity contribution in [1.82, 2.24) is 10.2 Å². The maximum absolute atomic E-state index is 13.4. The topological polar surface area (TPSA) is 24.5 Å². The quantitative estimate of drug-likeness (QED) is 0.897. The minimum absolute atomic E-state index is 0.242.